The second kappa shape index (κ2) is 6.30. The van der Waals surface area contributed by atoms with Crippen molar-refractivity contribution in [3.8, 4) is 0 Å². The molecule has 0 saturated heterocycles. The lowest BCUT2D eigenvalue weighted by Crippen LogP contribution is -2.08. The minimum absolute atomic E-state index is 0.00465. The van der Waals surface area contributed by atoms with E-state index >= 15 is 0 Å². The fourth-order valence-electron chi connectivity index (χ4n) is 0.432. The minimum Gasteiger partial charge on any atom is -0.463 e. The molecule has 0 rings (SSSR count). The van der Waals surface area contributed by atoms with Crippen molar-refractivity contribution in [2.75, 3.05) is 13.2 Å². The highest BCUT2D eigenvalue weighted by atomic mass is 79.9. The van der Waals surface area contributed by atoms with E-state index in [-0.39, 0.29) is 30.7 Å². The zero-order valence-corrected chi connectivity index (χ0v) is 7.46. The van der Waals surface area contributed by atoms with E-state index < -0.39 is 5.97 Å². The van der Waals surface area contributed by atoms with Crippen LogP contribution in [0.5, 0.6) is 0 Å². The topological polar surface area (TPSA) is 63.6 Å². The summed E-state index contributed by atoms with van der Waals surface area (Å²) in [7, 11) is 0. The van der Waals surface area contributed by atoms with Crippen LogP contribution in [0.15, 0.2) is 0 Å². The van der Waals surface area contributed by atoms with Crippen molar-refractivity contribution < 1.29 is 19.4 Å². The van der Waals surface area contributed by atoms with Crippen LogP contribution >= 0.6 is 15.9 Å². The molecule has 0 heterocycles. The van der Waals surface area contributed by atoms with Crippen LogP contribution in [-0.4, -0.2) is 29.0 Å². The largest absolute Gasteiger partial charge is 0.463 e. The molecule has 0 aromatic heterocycles. The maximum absolute atomic E-state index is 10.6. The SMILES string of the molecule is O=C(Br)CCC(=O)OCCO. The third-order valence-corrected chi connectivity index (χ3v) is 1.28. The van der Waals surface area contributed by atoms with Crippen LogP contribution in [0.25, 0.3) is 0 Å². The van der Waals surface area contributed by atoms with Crippen LogP contribution in [-0.2, 0) is 14.3 Å². The van der Waals surface area contributed by atoms with Crippen molar-refractivity contribution in [2.45, 2.75) is 12.8 Å². The maximum atomic E-state index is 10.6. The summed E-state index contributed by atoms with van der Waals surface area (Å²) in [5.41, 5.74) is 0. The number of aliphatic hydroxyl groups excluding tert-OH is 1. The Bertz CT molecular complexity index is 146. The Kier molecular flexibility index (Phi) is 6.06. The van der Waals surface area contributed by atoms with Gasteiger partial charge in [-0.2, -0.15) is 0 Å². The van der Waals surface area contributed by atoms with Gasteiger partial charge in [0, 0.05) is 6.42 Å². The van der Waals surface area contributed by atoms with Gasteiger partial charge in [-0.3, -0.25) is 9.59 Å². The van der Waals surface area contributed by atoms with Crippen LogP contribution in [0.4, 0.5) is 0 Å². The molecule has 0 atom stereocenters. The third-order valence-electron chi connectivity index (χ3n) is 0.880. The van der Waals surface area contributed by atoms with Crippen LogP contribution in [0.3, 0.4) is 0 Å². The molecule has 11 heavy (non-hydrogen) atoms. The molecule has 0 aliphatic carbocycles. The van der Waals surface area contributed by atoms with Gasteiger partial charge in [0.1, 0.15) is 6.61 Å². The van der Waals surface area contributed by atoms with E-state index in [2.05, 4.69) is 20.7 Å². The van der Waals surface area contributed by atoms with Gasteiger partial charge in [0.25, 0.3) is 0 Å². The van der Waals surface area contributed by atoms with E-state index in [0.717, 1.165) is 0 Å². The number of halogens is 1. The average Bonchev–Trinajstić information content (AvgIpc) is 1.97. The van der Waals surface area contributed by atoms with E-state index in [1.807, 2.05) is 0 Å². The highest BCUT2D eigenvalue weighted by Gasteiger charge is 2.04. The number of aliphatic hydroxyl groups is 1. The average molecular weight is 225 g/mol. The van der Waals surface area contributed by atoms with E-state index in [1.165, 1.54) is 0 Å². The molecule has 0 aromatic rings. The number of carbonyl (C=O) groups excluding carboxylic acids is 2. The van der Waals surface area contributed by atoms with Crippen molar-refractivity contribution in [2.24, 2.45) is 0 Å². The predicted molar refractivity (Wildman–Crippen MR) is 41.2 cm³/mol. The highest BCUT2D eigenvalue weighted by Crippen LogP contribution is 1.98. The first kappa shape index (κ1) is 10.6. The molecule has 0 spiro atoms. The molecule has 0 aliphatic heterocycles. The summed E-state index contributed by atoms with van der Waals surface area (Å²) in [5, 5.41) is 8.24. The second-order valence-corrected chi connectivity index (χ2v) is 2.68. The van der Waals surface area contributed by atoms with Crippen molar-refractivity contribution in [1.29, 1.82) is 0 Å². The number of rotatable bonds is 5. The van der Waals surface area contributed by atoms with Gasteiger partial charge in [-0.15, -0.1) is 0 Å². The van der Waals surface area contributed by atoms with Gasteiger partial charge in [0.15, 0.2) is 4.69 Å². The highest BCUT2D eigenvalue weighted by molar-refractivity contribution is 9.18. The fourth-order valence-corrected chi connectivity index (χ4v) is 0.630. The molecule has 0 bridgehead atoms. The van der Waals surface area contributed by atoms with Gasteiger partial charge < -0.3 is 9.84 Å². The first-order chi connectivity index (χ1) is 5.16. The number of esters is 1. The van der Waals surface area contributed by atoms with E-state index in [1.54, 1.807) is 0 Å². The number of hydrogen-bond donors (Lipinski definition) is 1. The molecule has 0 unspecified atom stereocenters. The number of hydrogen-bond acceptors (Lipinski definition) is 4. The van der Waals surface area contributed by atoms with Gasteiger partial charge in [-0.1, -0.05) is 0 Å². The number of carbonyl (C=O) groups is 2. The summed E-state index contributed by atoms with van der Waals surface area (Å²) in [5.74, 6) is -0.466. The Labute approximate surface area is 72.7 Å². The van der Waals surface area contributed by atoms with Gasteiger partial charge in [0.2, 0.25) is 0 Å². The summed E-state index contributed by atoms with van der Waals surface area (Å²) >= 11 is 2.67. The molecule has 5 heteroatoms. The van der Waals surface area contributed by atoms with Crippen LogP contribution in [0, 0.1) is 0 Å². The lowest BCUT2D eigenvalue weighted by Gasteiger charge is -1.99. The van der Waals surface area contributed by atoms with E-state index in [0.29, 0.717) is 0 Å². The van der Waals surface area contributed by atoms with Gasteiger partial charge in [0.05, 0.1) is 13.0 Å². The molecule has 0 amide bonds. The third kappa shape index (κ3) is 7.48. The molecule has 0 aliphatic rings. The Hall–Kier alpha value is -0.420. The minimum atomic E-state index is -0.466. The lowest BCUT2D eigenvalue weighted by molar-refractivity contribution is -0.145. The summed E-state index contributed by atoms with van der Waals surface area (Å²) < 4.78 is 4.26. The van der Waals surface area contributed by atoms with Crippen LogP contribution in [0.1, 0.15) is 12.8 Å². The zero-order chi connectivity index (χ0) is 8.69. The normalized spacial score (nSPS) is 9.27. The van der Waals surface area contributed by atoms with Crippen LogP contribution < -0.4 is 0 Å². The summed E-state index contributed by atoms with van der Waals surface area (Å²) in [6, 6.07) is 0. The van der Waals surface area contributed by atoms with Gasteiger partial charge >= 0.3 is 5.97 Å². The summed E-state index contributed by atoms with van der Waals surface area (Å²) in [6.07, 6.45) is 0.189. The molecule has 0 fully saturated rings. The van der Waals surface area contributed by atoms with Gasteiger partial charge in [-0.05, 0) is 15.9 Å². The fraction of sp³-hybridized carbons (Fsp3) is 0.667. The second-order valence-electron chi connectivity index (χ2n) is 1.80. The smallest absolute Gasteiger partial charge is 0.306 e. The monoisotopic (exact) mass is 224 g/mol. The standard InChI is InChI=1S/C6H9BrO4/c7-5(9)1-2-6(10)11-4-3-8/h8H,1-4H2. The molecule has 0 aromatic carbocycles. The Balaban J connectivity index is 3.30. The first-order valence-corrected chi connectivity index (χ1v) is 3.91. The maximum Gasteiger partial charge on any atom is 0.306 e. The molecule has 0 radical (unpaired) electrons. The van der Waals surface area contributed by atoms with Crippen molar-refractivity contribution >= 4 is 26.6 Å². The first-order valence-electron chi connectivity index (χ1n) is 3.11. The molecule has 0 saturated carbocycles. The Morgan fingerprint density at radius 3 is 2.45 bits per heavy atom. The summed E-state index contributed by atoms with van der Waals surface area (Å²) in [6.45, 7) is -0.191. The molecular formula is C6H9BrO4. The zero-order valence-electron chi connectivity index (χ0n) is 5.88. The predicted octanol–water partition coefficient (Wildman–Crippen LogP) is 0.224. The molecule has 1 N–H and O–H groups in total. The van der Waals surface area contributed by atoms with Crippen molar-refractivity contribution in [1.82, 2.24) is 0 Å². The quantitative estimate of drug-likeness (QED) is 0.537. The lowest BCUT2D eigenvalue weighted by atomic mass is 10.3. The van der Waals surface area contributed by atoms with Crippen LogP contribution in [0.2, 0.25) is 0 Å². The van der Waals surface area contributed by atoms with Crippen molar-refractivity contribution in [3.05, 3.63) is 0 Å². The Morgan fingerprint density at radius 2 is 2.00 bits per heavy atom. The van der Waals surface area contributed by atoms with E-state index in [4.69, 9.17) is 5.11 Å². The Morgan fingerprint density at radius 1 is 1.36 bits per heavy atom. The molecular weight excluding hydrogens is 216 g/mol. The van der Waals surface area contributed by atoms with Crippen molar-refractivity contribution in [3.63, 3.8) is 0 Å². The van der Waals surface area contributed by atoms with Gasteiger partial charge in [-0.25, -0.2) is 0 Å². The number of ether oxygens (including phenoxy) is 1. The van der Waals surface area contributed by atoms with E-state index in [9.17, 15) is 9.59 Å². The molecule has 4 nitrogen and oxygen atoms in total. The molecule has 64 valence electrons. The summed E-state index contributed by atoms with van der Waals surface area (Å²) in [4.78, 5) is 20.9.